The van der Waals surface area contributed by atoms with Crippen LogP contribution >= 0.6 is 0 Å². The van der Waals surface area contributed by atoms with Crippen LogP contribution in [0.1, 0.15) is 40.4 Å². The molecule has 1 aliphatic heterocycles. The second-order valence-corrected chi connectivity index (χ2v) is 6.56. The molecule has 2 aromatic rings. The van der Waals surface area contributed by atoms with E-state index in [0.717, 1.165) is 17.5 Å². The lowest BCUT2D eigenvalue weighted by molar-refractivity contribution is -0.122. The number of ether oxygens (including phenoxy) is 1. The van der Waals surface area contributed by atoms with Crippen LogP contribution in [-0.2, 0) is 16.1 Å². The van der Waals surface area contributed by atoms with Crippen LogP contribution in [0.15, 0.2) is 48.5 Å². The zero-order chi connectivity index (χ0) is 19.2. The number of hydrogen-bond donors (Lipinski definition) is 1. The molecule has 1 aliphatic rings. The predicted octanol–water partition coefficient (Wildman–Crippen LogP) is 3.07. The Bertz CT molecular complexity index is 807. The number of carbonyl (C=O) groups is 2. The lowest BCUT2D eigenvalue weighted by Gasteiger charge is -2.28. The first-order chi connectivity index (χ1) is 13.1. The van der Waals surface area contributed by atoms with Gasteiger partial charge < -0.3 is 15.0 Å². The summed E-state index contributed by atoms with van der Waals surface area (Å²) < 4.78 is 18.3. The number of benzene rings is 2. The first kappa shape index (κ1) is 19.0. The molecule has 0 unspecified atom stereocenters. The molecule has 1 N–H and O–H groups in total. The third kappa shape index (κ3) is 4.52. The minimum atomic E-state index is -0.451. The van der Waals surface area contributed by atoms with Crippen molar-refractivity contribution in [1.29, 1.82) is 0 Å². The lowest BCUT2D eigenvalue weighted by Crippen LogP contribution is -2.34. The Kier molecular flexibility index (Phi) is 6.19. The summed E-state index contributed by atoms with van der Waals surface area (Å²) >= 11 is 0. The summed E-state index contributed by atoms with van der Waals surface area (Å²) in [6, 6.07) is 13.0. The van der Waals surface area contributed by atoms with Crippen molar-refractivity contribution in [1.82, 2.24) is 10.2 Å². The monoisotopic (exact) mass is 370 g/mol. The molecule has 27 heavy (non-hydrogen) atoms. The average molecular weight is 370 g/mol. The number of fused-ring (bicyclic) bond motifs is 1. The maximum atomic E-state index is 13.3. The smallest absolute Gasteiger partial charge is 0.255 e. The fourth-order valence-corrected chi connectivity index (χ4v) is 3.31. The van der Waals surface area contributed by atoms with Crippen LogP contribution in [0.2, 0.25) is 0 Å². The quantitative estimate of drug-likeness (QED) is 0.727. The van der Waals surface area contributed by atoms with Gasteiger partial charge in [0, 0.05) is 32.4 Å². The van der Waals surface area contributed by atoms with Crippen molar-refractivity contribution in [3.8, 4) is 0 Å². The molecular weight excluding hydrogens is 347 g/mol. The Hall–Kier alpha value is -2.73. The molecule has 0 radical (unpaired) electrons. The molecule has 1 atom stereocenters. The molecule has 0 aromatic heterocycles. The van der Waals surface area contributed by atoms with Gasteiger partial charge in [0.1, 0.15) is 5.82 Å². The second-order valence-electron chi connectivity index (χ2n) is 6.56. The minimum absolute atomic E-state index is 0.105. The highest BCUT2D eigenvalue weighted by Gasteiger charge is 2.34. The number of amides is 2. The van der Waals surface area contributed by atoms with E-state index in [1.807, 2.05) is 18.2 Å². The summed E-state index contributed by atoms with van der Waals surface area (Å²) in [6.07, 6.45) is 0.843. The number of carbonyl (C=O) groups excluding carboxylic acids is 2. The summed E-state index contributed by atoms with van der Waals surface area (Å²) in [5.41, 5.74) is 2.34. The van der Waals surface area contributed by atoms with Crippen LogP contribution in [0.4, 0.5) is 4.39 Å². The van der Waals surface area contributed by atoms with E-state index >= 15 is 0 Å². The topological polar surface area (TPSA) is 58.6 Å². The van der Waals surface area contributed by atoms with Gasteiger partial charge in [0.2, 0.25) is 5.91 Å². The normalized spacial score (nSPS) is 14.1. The molecule has 0 bridgehead atoms. The zero-order valence-electron chi connectivity index (χ0n) is 15.3. The Morgan fingerprint density at radius 2 is 1.96 bits per heavy atom. The van der Waals surface area contributed by atoms with E-state index in [1.54, 1.807) is 30.2 Å². The molecule has 5 nitrogen and oxygen atoms in total. The van der Waals surface area contributed by atoms with Gasteiger partial charge in [0.15, 0.2) is 0 Å². The maximum Gasteiger partial charge on any atom is 0.255 e. The summed E-state index contributed by atoms with van der Waals surface area (Å²) in [5.74, 6) is -0.603. The Morgan fingerprint density at radius 3 is 2.67 bits per heavy atom. The lowest BCUT2D eigenvalue weighted by atomic mass is 10.0. The van der Waals surface area contributed by atoms with Crippen LogP contribution in [0, 0.1) is 5.82 Å². The third-order valence-corrected chi connectivity index (χ3v) is 4.71. The van der Waals surface area contributed by atoms with Crippen molar-refractivity contribution >= 4 is 11.8 Å². The predicted molar refractivity (Wildman–Crippen MR) is 99.6 cm³/mol. The first-order valence-corrected chi connectivity index (χ1v) is 9.00. The SMILES string of the molecule is COCCCNC(=O)C[C@@H](c1ccc(F)cc1)N1Cc2ccccc2C1=O. The van der Waals surface area contributed by atoms with Crippen molar-refractivity contribution in [2.75, 3.05) is 20.3 Å². The molecule has 0 saturated carbocycles. The van der Waals surface area contributed by atoms with Crippen LogP contribution < -0.4 is 5.32 Å². The van der Waals surface area contributed by atoms with Crippen molar-refractivity contribution in [3.63, 3.8) is 0 Å². The number of rotatable bonds is 8. The van der Waals surface area contributed by atoms with Crippen molar-refractivity contribution in [2.24, 2.45) is 0 Å². The summed E-state index contributed by atoms with van der Waals surface area (Å²) in [5, 5.41) is 2.86. The summed E-state index contributed by atoms with van der Waals surface area (Å²) in [6.45, 7) is 1.52. The van der Waals surface area contributed by atoms with Gasteiger partial charge in [-0.1, -0.05) is 30.3 Å². The van der Waals surface area contributed by atoms with Gasteiger partial charge in [-0.15, -0.1) is 0 Å². The van der Waals surface area contributed by atoms with Gasteiger partial charge in [-0.3, -0.25) is 9.59 Å². The molecule has 1 heterocycles. The van der Waals surface area contributed by atoms with Crippen LogP contribution in [-0.4, -0.2) is 37.0 Å². The van der Waals surface area contributed by atoms with Crippen molar-refractivity contribution in [3.05, 3.63) is 71.0 Å². The highest BCUT2D eigenvalue weighted by atomic mass is 19.1. The van der Waals surface area contributed by atoms with E-state index in [9.17, 15) is 14.0 Å². The number of hydrogen-bond acceptors (Lipinski definition) is 3. The molecule has 2 aromatic carbocycles. The van der Waals surface area contributed by atoms with Crippen LogP contribution in [0.3, 0.4) is 0 Å². The fraction of sp³-hybridized carbons (Fsp3) is 0.333. The second kappa shape index (κ2) is 8.77. The van der Waals surface area contributed by atoms with Gasteiger partial charge in [-0.25, -0.2) is 4.39 Å². The summed E-state index contributed by atoms with van der Waals surface area (Å²) in [7, 11) is 1.61. The molecule has 0 fully saturated rings. The molecule has 3 rings (SSSR count). The van der Waals surface area contributed by atoms with Gasteiger partial charge in [0.05, 0.1) is 12.5 Å². The summed E-state index contributed by atoms with van der Waals surface area (Å²) in [4.78, 5) is 27.0. The third-order valence-electron chi connectivity index (χ3n) is 4.71. The molecule has 6 heteroatoms. The van der Waals surface area contributed by atoms with E-state index in [2.05, 4.69) is 5.32 Å². The van der Waals surface area contributed by atoms with Gasteiger partial charge in [-0.05, 0) is 35.7 Å². The average Bonchev–Trinajstić information content (AvgIpc) is 3.01. The van der Waals surface area contributed by atoms with Gasteiger partial charge >= 0.3 is 0 Å². The fourth-order valence-electron chi connectivity index (χ4n) is 3.31. The highest BCUT2D eigenvalue weighted by Crippen LogP contribution is 2.33. The van der Waals surface area contributed by atoms with Crippen LogP contribution in [0.25, 0.3) is 0 Å². The molecule has 0 spiro atoms. The number of methoxy groups -OCH3 is 1. The van der Waals surface area contributed by atoms with Crippen molar-refractivity contribution < 1.29 is 18.7 Å². The number of halogens is 1. The molecule has 142 valence electrons. The Labute approximate surface area is 158 Å². The van der Waals surface area contributed by atoms with Crippen molar-refractivity contribution in [2.45, 2.75) is 25.4 Å². The molecule has 0 saturated heterocycles. The van der Waals surface area contributed by atoms with E-state index in [4.69, 9.17) is 4.74 Å². The van der Waals surface area contributed by atoms with E-state index in [1.165, 1.54) is 12.1 Å². The Balaban J connectivity index is 1.78. The molecule has 0 aliphatic carbocycles. The maximum absolute atomic E-state index is 13.3. The first-order valence-electron chi connectivity index (χ1n) is 9.00. The number of nitrogens with zero attached hydrogens (tertiary/aromatic N) is 1. The van der Waals surface area contributed by atoms with E-state index in [-0.39, 0.29) is 24.1 Å². The Morgan fingerprint density at radius 1 is 1.22 bits per heavy atom. The largest absolute Gasteiger partial charge is 0.385 e. The number of nitrogens with one attached hydrogen (secondary N) is 1. The molecular formula is C21H23FN2O3. The van der Waals surface area contributed by atoms with E-state index in [0.29, 0.717) is 25.3 Å². The van der Waals surface area contributed by atoms with Gasteiger partial charge in [0.25, 0.3) is 5.91 Å². The highest BCUT2D eigenvalue weighted by molar-refractivity contribution is 5.98. The zero-order valence-corrected chi connectivity index (χ0v) is 15.3. The molecule has 2 amide bonds. The van der Waals surface area contributed by atoms with Gasteiger partial charge in [-0.2, -0.15) is 0 Å². The van der Waals surface area contributed by atoms with E-state index < -0.39 is 6.04 Å². The van der Waals surface area contributed by atoms with Crippen LogP contribution in [0.5, 0.6) is 0 Å². The standard InChI is InChI=1S/C21H23FN2O3/c1-27-12-4-11-23-20(25)13-19(15-7-9-17(22)10-8-15)24-14-16-5-2-3-6-18(16)21(24)26/h2-3,5-10,19H,4,11-14H2,1H3,(H,23,25)/t19-/m0/s1. The minimum Gasteiger partial charge on any atom is -0.385 e.